The van der Waals surface area contributed by atoms with Gasteiger partial charge in [0.2, 0.25) is 0 Å². The zero-order valence-corrected chi connectivity index (χ0v) is 12.3. The van der Waals surface area contributed by atoms with E-state index >= 15 is 0 Å². The fourth-order valence-corrected chi connectivity index (χ4v) is 1.65. The van der Waals surface area contributed by atoms with E-state index in [1.165, 1.54) is 0 Å². The summed E-state index contributed by atoms with van der Waals surface area (Å²) in [7, 11) is 0. The molecule has 5 heteroatoms. The smallest absolute Gasteiger partial charge is 0.251 e. The molecule has 0 saturated carbocycles. The van der Waals surface area contributed by atoms with Crippen LogP contribution < -0.4 is 20.5 Å². The molecule has 1 amide bonds. The van der Waals surface area contributed by atoms with Crippen LogP contribution in [0.3, 0.4) is 0 Å². The predicted octanol–water partition coefficient (Wildman–Crippen LogP) is 1.95. The quantitative estimate of drug-likeness (QED) is 0.678. The first-order chi connectivity index (χ1) is 9.72. The van der Waals surface area contributed by atoms with Gasteiger partial charge in [0.1, 0.15) is 0 Å². The minimum atomic E-state index is -0.124. The van der Waals surface area contributed by atoms with Gasteiger partial charge in [-0.05, 0) is 44.5 Å². The fraction of sp³-hybridized carbons (Fsp3) is 0.533. The number of rotatable bonds is 9. The van der Waals surface area contributed by atoms with Crippen molar-refractivity contribution >= 4 is 5.91 Å². The first-order valence-corrected chi connectivity index (χ1v) is 7.10. The number of hydrogen-bond donors (Lipinski definition) is 2. The SMILES string of the molecule is CCCOc1ccc(C(=O)NCCCN)cc1OCC. The molecule has 3 N–H and O–H groups in total. The molecule has 1 aromatic carbocycles. The molecule has 0 aliphatic heterocycles. The molecule has 5 nitrogen and oxygen atoms in total. The van der Waals surface area contributed by atoms with E-state index in [-0.39, 0.29) is 5.91 Å². The van der Waals surface area contributed by atoms with Gasteiger partial charge in [0, 0.05) is 12.1 Å². The molecule has 0 fully saturated rings. The van der Waals surface area contributed by atoms with Crippen molar-refractivity contribution in [2.45, 2.75) is 26.7 Å². The number of ether oxygens (including phenoxy) is 2. The van der Waals surface area contributed by atoms with E-state index in [1.54, 1.807) is 18.2 Å². The third-order valence-electron chi connectivity index (χ3n) is 2.63. The predicted molar refractivity (Wildman–Crippen MR) is 79.4 cm³/mol. The first-order valence-electron chi connectivity index (χ1n) is 7.10. The minimum absolute atomic E-state index is 0.124. The average molecular weight is 280 g/mol. The maximum Gasteiger partial charge on any atom is 0.251 e. The second kappa shape index (κ2) is 9.20. The van der Waals surface area contributed by atoms with E-state index in [0.717, 1.165) is 12.8 Å². The van der Waals surface area contributed by atoms with E-state index in [4.69, 9.17) is 15.2 Å². The van der Waals surface area contributed by atoms with Crippen molar-refractivity contribution < 1.29 is 14.3 Å². The number of benzene rings is 1. The van der Waals surface area contributed by atoms with Gasteiger partial charge in [0.15, 0.2) is 11.5 Å². The standard InChI is InChI=1S/C15H24N2O3/c1-3-10-20-13-7-6-12(11-14(13)19-4-2)15(18)17-9-5-8-16/h6-7,11H,3-5,8-10,16H2,1-2H3,(H,17,18). The maximum atomic E-state index is 12.0. The molecule has 1 aromatic rings. The van der Waals surface area contributed by atoms with Crippen LogP contribution >= 0.6 is 0 Å². The number of carbonyl (C=O) groups is 1. The molecule has 0 saturated heterocycles. The van der Waals surface area contributed by atoms with Gasteiger partial charge in [-0.2, -0.15) is 0 Å². The summed E-state index contributed by atoms with van der Waals surface area (Å²) in [5.74, 6) is 1.15. The summed E-state index contributed by atoms with van der Waals surface area (Å²) in [5.41, 5.74) is 5.96. The van der Waals surface area contributed by atoms with Gasteiger partial charge >= 0.3 is 0 Å². The van der Waals surface area contributed by atoms with Crippen LogP contribution in [-0.2, 0) is 0 Å². The van der Waals surface area contributed by atoms with Crippen LogP contribution in [0.15, 0.2) is 18.2 Å². The summed E-state index contributed by atoms with van der Waals surface area (Å²) in [6, 6.07) is 5.23. The Morgan fingerprint density at radius 1 is 1.25 bits per heavy atom. The van der Waals surface area contributed by atoms with Crippen LogP contribution in [0.1, 0.15) is 37.0 Å². The van der Waals surface area contributed by atoms with Crippen molar-refractivity contribution in [3.8, 4) is 11.5 Å². The van der Waals surface area contributed by atoms with Crippen molar-refractivity contribution in [1.29, 1.82) is 0 Å². The molecule has 1 rings (SSSR count). The molecule has 0 aromatic heterocycles. The summed E-state index contributed by atoms with van der Waals surface area (Å²) in [6.45, 7) is 6.24. The summed E-state index contributed by atoms with van der Waals surface area (Å²) in [4.78, 5) is 12.0. The summed E-state index contributed by atoms with van der Waals surface area (Å²) < 4.78 is 11.1. The molecule has 0 unspecified atom stereocenters. The van der Waals surface area contributed by atoms with Gasteiger partial charge in [-0.15, -0.1) is 0 Å². The van der Waals surface area contributed by atoms with E-state index < -0.39 is 0 Å². The molecule has 112 valence electrons. The Balaban J connectivity index is 2.77. The maximum absolute atomic E-state index is 12.0. The number of amides is 1. The van der Waals surface area contributed by atoms with Gasteiger partial charge in [0.25, 0.3) is 5.91 Å². The lowest BCUT2D eigenvalue weighted by molar-refractivity contribution is 0.0953. The molecule has 0 heterocycles. The highest BCUT2D eigenvalue weighted by molar-refractivity contribution is 5.94. The van der Waals surface area contributed by atoms with E-state index in [9.17, 15) is 4.79 Å². The highest BCUT2D eigenvalue weighted by atomic mass is 16.5. The topological polar surface area (TPSA) is 73.6 Å². The molecule has 20 heavy (non-hydrogen) atoms. The van der Waals surface area contributed by atoms with E-state index in [0.29, 0.717) is 43.4 Å². The summed E-state index contributed by atoms with van der Waals surface area (Å²) in [6.07, 6.45) is 1.69. The third-order valence-corrected chi connectivity index (χ3v) is 2.63. The van der Waals surface area contributed by atoms with Crippen LogP contribution in [0, 0.1) is 0 Å². The molecule has 0 aliphatic carbocycles. The molecular weight excluding hydrogens is 256 g/mol. The Kier molecular flexibility index (Phi) is 7.50. The van der Waals surface area contributed by atoms with Crippen molar-refractivity contribution in [2.75, 3.05) is 26.3 Å². The second-order valence-corrected chi connectivity index (χ2v) is 4.34. The normalized spacial score (nSPS) is 10.2. The summed E-state index contributed by atoms with van der Waals surface area (Å²) in [5, 5.41) is 2.82. The highest BCUT2D eigenvalue weighted by Crippen LogP contribution is 2.28. The first kappa shape index (κ1) is 16.3. The molecule has 0 radical (unpaired) electrons. The Morgan fingerprint density at radius 3 is 2.70 bits per heavy atom. The lowest BCUT2D eigenvalue weighted by Gasteiger charge is -2.13. The van der Waals surface area contributed by atoms with E-state index in [1.807, 2.05) is 13.8 Å². The third kappa shape index (κ3) is 5.09. The van der Waals surface area contributed by atoms with Crippen molar-refractivity contribution in [3.63, 3.8) is 0 Å². The van der Waals surface area contributed by atoms with Crippen LogP contribution in [0.2, 0.25) is 0 Å². The van der Waals surface area contributed by atoms with Crippen LogP contribution in [0.25, 0.3) is 0 Å². The fourth-order valence-electron chi connectivity index (χ4n) is 1.65. The summed E-state index contributed by atoms with van der Waals surface area (Å²) >= 11 is 0. The average Bonchev–Trinajstić information content (AvgIpc) is 2.46. The van der Waals surface area contributed by atoms with Crippen LogP contribution in [-0.4, -0.2) is 32.2 Å². The van der Waals surface area contributed by atoms with Crippen molar-refractivity contribution in [2.24, 2.45) is 5.73 Å². The second-order valence-electron chi connectivity index (χ2n) is 4.34. The van der Waals surface area contributed by atoms with Gasteiger partial charge in [-0.3, -0.25) is 4.79 Å². The molecule has 0 atom stereocenters. The van der Waals surface area contributed by atoms with Gasteiger partial charge in [-0.25, -0.2) is 0 Å². The number of nitrogens with two attached hydrogens (primary N) is 1. The van der Waals surface area contributed by atoms with Gasteiger partial charge < -0.3 is 20.5 Å². The van der Waals surface area contributed by atoms with Crippen LogP contribution in [0.4, 0.5) is 0 Å². The van der Waals surface area contributed by atoms with Gasteiger partial charge in [-0.1, -0.05) is 6.92 Å². The van der Waals surface area contributed by atoms with E-state index in [2.05, 4.69) is 5.32 Å². The molecule has 0 spiro atoms. The largest absolute Gasteiger partial charge is 0.490 e. The van der Waals surface area contributed by atoms with Crippen LogP contribution in [0.5, 0.6) is 11.5 Å². The van der Waals surface area contributed by atoms with Crippen molar-refractivity contribution in [3.05, 3.63) is 23.8 Å². The molecular formula is C15H24N2O3. The zero-order chi connectivity index (χ0) is 14.8. The number of nitrogens with one attached hydrogen (secondary N) is 1. The number of carbonyl (C=O) groups excluding carboxylic acids is 1. The lowest BCUT2D eigenvalue weighted by Crippen LogP contribution is -2.25. The zero-order valence-electron chi connectivity index (χ0n) is 12.3. The highest BCUT2D eigenvalue weighted by Gasteiger charge is 2.11. The Bertz CT molecular complexity index is 422. The van der Waals surface area contributed by atoms with Gasteiger partial charge in [0.05, 0.1) is 13.2 Å². The number of hydrogen-bond acceptors (Lipinski definition) is 4. The minimum Gasteiger partial charge on any atom is -0.490 e. The Morgan fingerprint density at radius 2 is 2.05 bits per heavy atom. The Hall–Kier alpha value is -1.75. The molecule has 0 bridgehead atoms. The van der Waals surface area contributed by atoms with Crippen molar-refractivity contribution in [1.82, 2.24) is 5.32 Å². The molecule has 0 aliphatic rings. The lowest BCUT2D eigenvalue weighted by atomic mass is 10.2. The monoisotopic (exact) mass is 280 g/mol. The Labute approximate surface area is 120 Å².